The minimum Gasteiger partial charge on any atom is -0.466 e. The lowest BCUT2D eigenvalue weighted by molar-refractivity contribution is -0.142. The monoisotopic (exact) mass is 220 g/mol. The summed E-state index contributed by atoms with van der Waals surface area (Å²) in [5.74, 6) is -0.234. The molecule has 0 saturated carbocycles. The maximum Gasteiger partial charge on any atom is 0.309 e. The van der Waals surface area contributed by atoms with Gasteiger partial charge in [0.25, 0.3) is 0 Å². The molecule has 0 saturated heterocycles. The molecule has 0 heterocycles. The number of anilines is 2. The van der Waals surface area contributed by atoms with E-state index in [1.807, 2.05) is 12.1 Å². The van der Waals surface area contributed by atoms with E-state index in [1.54, 1.807) is 25.1 Å². The summed E-state index contributed by atoms with van der Waals surface area (Å²) in [5.41, 5.74) is 13.2. The molecule has 4 nitrogen and oxygen atoms in total. The van der Waals surface area contributed by atoms with Gasteiger partial charge in [0.2, 0.25) is 0 Å². The molecular weight excluding hydrogens is 204 g/mol. The SMILES string of the molecule is CCOC(=O)CC=Cc1ccc(N)c(N)c1. The molecule has 0 aliphatic rings. The van der Waals surface area contributed by atoms with E-state index >= 15 is 0 Å². The molecule has 0 aliphatic heterocycles. The van der Waals surface area contributed by atoms with Crippen molar-refractivity contribution in [2.24, 2.45) is 0 Å². The number of nitrogen functional groups attached to an aromatic ring is 2. The summed E-state index contributed by atoms with van der Waals surface area (Å²) in [6.45, 7) is 2.18. The highest BCUT2D eigenvalue weighted by molar-refractivity contribution is 5.73. The Morgan fingerprint density at radius 3 is 2.75 bits per heavy atom. The molecule has 0 atom stereocenters. The molecule has 0 amide bonds. The number of rotatable bonds is 4. The Kier molecular flexibility index (Phi) is 4.39. The highest BCUT2D eigenvalue weighted by atomic mass is 16.5. The number of esters is 1. The Balaban J connectivity index is 2.56. The molecule has 4 N–H and O–H groups in total. The van der Waals surface area contributed by atoms with E-state index in [4.69, 9.17) is 16.2 Å². The van der Waals surface area contributed by atoms with E-state index in [2.05, 4.69) is 0 Å². The van der Waals surface area contributed by atoms with Gasteiger partial charge in [-0.05, 0) is 24.6 Å². The van der Waals surface area contributed by atoms with Gasteiger partial charge in [-0.1, -0.05) is 18.2 Å². The summed E-state index contributed by atoms with van der Waals surface area (Å²) in [4.78, 5) is 11.0. The van der Waals surface area contributed by atoms with Gasteiger partial charge in [-0.15, -0.1) is 0 Å². The first-order valence-corrected chi connectivity index (χ1v) is 5.10. The number of benzene rings is 1. The second-order valence-electron chi connectivity index (χ2n) is 3.30. The Bertz CT molecular complexity index is 400. The first-order valence-electron chi connectivity index (χ1n) is 5.10. The minimum absolute atomic E-state index is 0.234. The molecule has 0 fully saturated rings. The van der Waals surface area contributed by atoms with Gasteiger partial charge >= 0.3 is 5.97 Å². The van der Waals surface area contributed by atoms with E-state index in [0.717, 1.165) is 5.56 Å². The van der Waals surface area contributed by atoms with E-state index in [-0.39, 0.29) is 12.4 Å². The van der Waals surface area contributed by atoms with Crippen LogP contribution in [0.1, 0.15) is 18.9 Å². The average molecular weight is 220 g/mol. The van der Waals surface area contributed by atoms with Gasteiger partial charge < -0.3 is 16.2 Å². The maximum atomic E-state index is 11.0. The third kappa shape index (κ3) is 3.65. The average Bonchev–Trinajstić information content (AvgIpc) is 2.24. The molecule has 0 aromatic heterocycles. The molecule has 0 unspecified atom stereocenters. The summed E-state index contributed by atoms with van der Waals surface area (Å²) in [5, 5.41) is 0. The molecule has 0 aliphatic carbocycles. The molecule has 16 heavy (non-hydrogen) atoms. The number of hydrogen-bond acceptors (Lipinski definition) is 4. The van der Waals surface area contributed by atoms with Crippen molar-refractivity contribution >= 4 is 23.4 Å². The molecule has 86 valence electrons. The highest BCUT2D eigenvalue weighted by Crippen LogP contribution is 2.16. The van der Waals surface area contributed by atoms with Crippen LogP contribution in [0.2, 0.25) is 0 Å². The lowest BCUT2D eigenvalue weighted by atomic mass is 10.1. The van der Waals surface area contributed by atoms with Crippen LogP contribution >= 0.6 is 0 Å². The molecule has 4 heteroatoms. The molecule has 1 rings (SSSR count). The van der Waals surface area contributed by atoms with Crippen LogP contribution in [0, 0.1) is 0 Å². The van der Waals surface area contributed by atoms with Crippen molar-refractivity contribution in [3.05, 3.63) is 29.8 Å². The fourth-order valence-electron chi connectivity index (χ4n) is 1.21. The first kappa shape index (κ1) is 12.1. The predicted octanol–water partition coefficient (Wildman–Crippen LogP) is 1.82. The number of hydrogen-bond donors (Lipinski definition) is 2. The van der Waals surface area contributed by atoms with E-state index in [0.29, 0.717) is 18.0 Å². The molecule has 1 aromatic rings. The van der Waals surface area contributed by atoms with Crippen LogP contribution in [0.25, 0.3) is 6.08 Å². The summed E-state index contributed by atoms with van der Waals surface area (Å²) >= 11 is 0. The highest BCUT2D eigenvalue weighted by Gasteiger charge is 1.97. The van der Waals surface area contributed by atoms with Crippen molar-refractivity contribution in [2.45, 2.75) is 13.3 Å². The lowest BCUT2D eigenvalue weighted by Gasteiger charge is -2.00. The van der Waals surface area contributed by atoms with Gasteiger partial charge in [-0.2, -0.15) is 0 Å². The first-order chi connectivity index (χ1) is 7.63. The van der Waals surface area contributed by atoms with Gasteiger partial charge in [0.05, 0.1) is 24.4 Å². The number of ether oxygens (including phenoxy) is 1. The Hall–Kier alpha value is -1.97. The standard InChI is InChI=1S/C12H16N2O2/c1-2-16-12(15)5-3-4-9-6-7-10(13)11(14)8-9/h3-4,6-8H,2,5,13-14H2,1H3. The van der Waals surface area contributed by atoms with Crippen molar-refractivity contribution in [1.82, 2.24) is 0 Å². The van der Waals surface area contributed by atoms with Crippen molar-refractivity contribution < 1.29 is 9.53 Å². The molecule has 0 bridgehead atoms. The Morgan fingerprint density at radius 2 is 2.12 bits per heavy atom. The second kappa shape index (κ2) is 5.80. The fourth-order valence-corrected chi connectivity index (χ4v) is 1.21. The quantitative estimate of drug-likeness (QED) is 0.599. The van der Waals surface area contributed by atoms with Crippen LogP contribution in [0.4, 0.5) is 11.4 Å². The third-order valence-corrected chi connectivity index (χ3v) is 2.01. The minimum atomic E-state index is -0.234. The van der Waals surface area contributed by atoms with E-state index in [1.165, 1.54) is 0 Å². The van der Waals surface area contributed by atoms with Gasteiger partial charge in [0.1, 0.15) is 0 Å². The van der Waals surface area contributed by atoms with Crippen LogP contribution in [0.15, 0.2) is 24.3 Å². The molecule has 0 spiro atoms. The van der Waals surface area contributed by atoms with Crippen molar-refractivity contribution in [2.75, 3.05) is 18.1 Å². The topological polar surface area (TPSA) is 78.3 Å². The zero-order chi connectivity index (χ0) is 12.0. The van der Waals surface area contributed by atoms with Crippen molar-refractivity contribution in [3.8, 4) is 0 Å². The number of nitrogens with two attached hydrogens (primary N) is 2. The van der Waals surface area contributed by atoms with Gasteiger partial charge in [-0.25, -0.2) is 0 Å². The van der Waals surface area contributed by atoms with Crippen molar-refractivity contribution in [3.63, 3.8) is 0 Å². The van der Waals surface area contributed by atoms with E-state index in [9.17, 15) is 4.79 Å². The Labute approximate surface area is 94.9 Å². The van der Waals surface area contributed by atoms with Gasteiger partial charge in [-0.3, -0.25) is 4.79 Å². The predicted molar refractivity (Wildman–Crippen MR) is 65.6 cm³/mol. The van der Waals surface area contributed by atoms with Crippen LogP contribution in [0.5, 0.6) is 0 Å². The molecule has 0 radical (unpaired) electrons. The zero-order valence-electron chi connectivity index (χ0n) is 9.27. The fraction of sp³-hybridized carbons (Fsp3) is 0.250. The molecule has 1 aromatic carbocycles. The third-order valence-electron chi connectivity index (χ3n) is 2.01. The van der Waals surface area contributed by atoms with Crippen LogP contribution in [-0.2, 0) is 9.53 Å². The normalized spacial score (nSPS) is 10.6. The number of carbonyl (C=O) groups excluding carboxylic acids is 1. The number of carbonyl (C=O) groups is 1. The summed E-state index contributed by atoms with van der Waals surface area (Å²) in [6.07, 6.45) is 3.81. The van der Waals surface area contributed by atoms with Gasteiger partial charge in [0.15, 0.2) is 0 Å². The van der Waals surface area contributed by atoms with Crippen LogP contribution in [-0.4, -0.2) is 12.6 Å². The summed E-state index contributed by atoms with van der Waals surface area (Å²) in [7, 11) is 0. The Morgan fingerprint density at radius 1 is 1.38 bits per heavy atom. The summed E-state index contributed by atoms with van der Waals surface area (Å²) in [6, 6.07) is 5.34. The lowest BCUT2D eigenvalue weighted by Crippen LogP contribution is -2.01. The largest absolute Gasteiger partial charge is 0.466 e. The second-order valence-corrected chi connectivity index (χ2v) is 3.30. The summed E-state index contributed by atoms with van der Waals surface area (Å²) < 4.78 is 4.79. The van der Waals surface area contributed by atoms with E-state index < -0.39 is 0 Å². The smallest absolute Gasteiger partial charge is 0.309 e. The van der Waals surface area contributed by atoms with Crippen molar-refractivity contribution in [1.29, 1.82) is 0 Å². The van der Waals surface area contributed by atoms with Gasteiger partial charge in [0, 0.05) is 0 Å². The van der Waals surface area contributed by atoms with Crippen LogP contribution in [0.3, 0.4) is 0 Å². The zero-order valence-corrected chi connectivity index (χ0v) is 9.27. The van der Waals surface area contributed by atoms with Crippen LogP contribution < -0.4 is 11.5 Å². The maximum absolute atomic E-state index is 11.0. The molecular formula is C12H16N2O2.